The summed E-state index contributed by atoms with van der Waals surface area (Å²) in [6.07, 6.45) is 2.38. The van der Waals surface area contributed by atoms with Crippen molar-refractivity contribution in [2.45, 2.75) is 6.42 Å². The third kappa shape index (κ3) is 5.83. The highest BCUT2D eigenvalue weighted by atomic mass is 35.5. The van der Waals surface area contributed by atoms with Crippen LogP contribution in [0.15, 0.2) is 66.9 Å². The summed E-state index contributed by atoms with van der Waals surface area (Å²) in [7, 11) is 0. The number of amides is 2. The zero-order valence-electron chi connectivity index (χ0n) is 18.0. The molecule has 1 aliphatic heterocycles. The van der Waals surface area contributed by atoms with Crippen LogP contribution >= 0.6 is 23.2 Å². The molecule has 1 saturated heterocycles. The molecule has 33 heavy (non-hydrogen) atoms. The van der Waals surface area contributed by atoms with E-state index in [0.717, 1.165) is 12.2 Å². The number of hydrogen-bond donors (Lipinski definition) is 1. The summed E-state index contributed by atoms with van der Waals surface area (Å²) in [6.45, 7) is 2.97. The zero-order valence-corrected chi connectivity index (χ0v) is 19.5. The number of pyridine rings is 1. The Labute approximate surface area is 203 Å². The number of hydrogen-bond acceptors (Lipinski definition) is 4. The first-order valence-corrected chi connectivity index (χ1v) is 11.5. The molecule has 4 rings (SSSR count). The van der Waals surface area contributed by atoms with E-state index in [4.69, 9.17) is 23.2 Å². The maximum absolute atomic E-state index is 12.8. The Morgan fingerprint density at radius 3 is 2.36 bits per heavy atom. The zero-order chi connectivity index (χ0) is 23.2. The van der Waals surface area contributed by atoms with E-state index < -0.39 is 0 Å². The van der Waals surface area contributed by atoms with E-state index in [-0.39, 0.29) is 11.8 Å². The van der Waals surface area contributed by atoms with E-state index >= 15 is 0 Å². The first-order valence-electron chi connectivity index (χ1n) is 10.8. The summed E-state index contributed by atoms with van der Waals surface area (Å²) in [4.78, 5) is 33.5. The molecule has 0 radical (unpaired) electrons. The van der Waals surface area contributed by atoms with Gasteiger partial charge in [0.2, 0.25) is 0 Å². The molecule has 0 saturated carbocycles. The molecular weight excluding hydrogens is 459 g/mol. The van der Waals surface area contributed by atoms with Crippen LogP contribution in [0.5, 0.6) is 0 Å². The van der Waals surface area contributed by atoms with Gasteiger partial charge in [0.15, 0.2) is 0 Å². The number of nitrogens with one attached hydrogen (secondary N) is 1. The molecule has 1 N–H and O–H groups in total. The van der Waals surface area contributed by atoms with Gasteiger partial charge in [-0.1, -0.05) is 53.5 Å². The Morgan fingerprint density at radius 2 is 1.70 bits per heavy atom. The van der Waals surface area contributed by atoms with Gasteiger partial charge in [-0.05, 0) is 42.3 Å². The van der Waals surface area contributed by atoms with Crippen LogP contribution in [-0.4, -0.2) is 54.4 Å². The van der Waals surface area contributed by atoms with E-state index in [1.54, 1.807) is 35.4 Å². The van der Waals surface area contributed by atoms with Crippen molar-refractivity contribution in [2.75, 3.05) is 37.6 Å². The largest absolute Gasteiger partial charge is 0.353 e. The Balaban J connectivity index is 1.28. The van der Waals surface area contributed by atoms with Crippen molar-refractivity contribution in [1.29, 1.82) is 0 Å². The molecule has 0 spiro atoms. The number of carbonyl (C=O) groups is 2. The number of rotatable bonds is 6. The van der Waals surface area contributed by atoms with Gasteiger partial charge < -0.3 is 15.1 Å². The molecule has 170 valence electrons. The second kappa shape index (κ2) is 10.7. The third-order valence-electron chi connectivity index (χ3n) is 5.60. The van der Waals surface area contributed by atoms with Crippen LogP contribution in [0.2, 0.25) is 10.0 Å². The minimum Gasteiger partial charge on any atom is -0.353 e. The van der Waals surface area contributed by atoms with Crippen molar-refractivity contribution in [3.63, 3.8) is 0 Å². The lowest BCUT2D eigenvalue weighted by atomic mass is 10.1. The van der Waals surface area contributed by atoms with Crippen LogP contribution in [-0.2, 0) is 6.42 Å². The van der Waals surface area contributed by atoms with Gasteiger partial charge >= 0.3 is 0 Å². The van der Waals surface area contributed by atoms with Gasteiger partial charge in [-0.2, -0.15) is 0 Å². The molecule has 8 heteroatoms. The molecule has 1 aliphatic rings. The van der Waals surface area contributed by atoms with E-state index in [1.165, 1.54) is 5.56 Å². The standard InChI is InChI=1S/C25H24Cl2N4O2/c26-20-7-8-21(22(27)16-20)25(33)31-14-12-30(13-15-31)23-9-6-19(17-29-23)24(32)28-11-10-18-4-2-1-3-5-18/h1-9,16-17H,10-15H2,(H,28,32). The minimum atomic E-state index is -0.139. The van der Waals surface area contributed by atoms with Crippen molar-refractivity contribution >= 4 is 40.8 Å². The number of nitrogens with zero attached hydrogens (tertiary/aromatic N) is 3. The van der Waals surface area contributed by atoms with Crippen molar-refractivity contribution in [2.24, 2.45) is 0 Å². The van der Waals surface area contributed by atoms with Crippen molar-refractivity contribution < 1.29 is 9.59 Å². The van der Waals surface area contributed by atoms with Crippen molar-refractivity contribution in [3.05, 3.63) is 93.6 Å². The highest BCUT2D eigenvalue weighted by Crippen LogP contribution is 2.23. The maximum atomic E-state index is 12.8. The van der Waals surface area contributed by atoms with Crippen LogP contribution in [0.1, 0.15) is 26.3 Å². The second-order valence-electron chi connectivity index (χ2n) is 7.80. The molecule has 2 amide bonds. The molecule has 0 aliphatic carbocycles. The van der Waals surface area contributed by atoms with Crippen LogP contribution in [0.25, 0.3) is 0 Å². The lowest BCUT2D eigenvalue weighted by Gasteiger charge is -2.35. The summed E-state index contributed by atoms with van der Waals surface area (Å²) in [6, 6.07) is 18.6. The Morgan fingerprint density at radius 1 is 0.939 bits per heavy atom. The molecular formula is C25H24Cl2N4O2. The molecule has 0 bridgehead atoms. The highest BCUT2D eigenvalue weighted by molar-refractivity contribution is 6.36. The first kappa shape index (κ1) is 23.1. The topological polar surface area (TPSA) is 65.5 Å². The number of halogens is 2. The van der Waals surface area contributed by atoms with Crippen LogP contribution in [0.3, 0.4) is 0 Å². The number of aromatic nitrogens is 1. The quantitative estimate of drug-likeness (QED) is 0.567. The maximum Gasteiger partial charge on any atom is 0.255 e. The Bertz CT molecular complexity index is 1120. The molecule has 1 aromatic heterocycles. The Kier molecular flexibility index (Phi) is 7.47. The van der Waals surface area contributed by atoms with E-state index in [9.17, 15) is 9.59 Å². The van der Waals surface area contributed by atoms with Gasteiger partial charge in [-0.25, -0.2) is 4.98 Å². The van der Waals surface area contributed by atoms with Crippen LogP contribution < -0.4 is 10.2 Å². The summed E-state index contributed by atoms with van der Waals surface area (Å²) in [5, 5.41) is 3.79. The summed E-state index contributed by atoms with van der Waals surface area (Å²) in [5.41, 5.74) is 2.16. The molecule has 2 aromatic carbocycles. The van der Waals surface area contributed by atoms with Gasteiger partial charge in [0.05, 0.1) is 16.1 Å². The SMILES string of the molecule is O=C(NCCc1ccccc1)c1ccc(N2CCN(C(=O)c3ccc(Cl)cc3Cl)CC2)nc1. The first-order chi connectivity index (χ1) is 16.0. The number of piperazine rings is 1. The van der Waals surface area contributed by atoms with Crippen LogP contribution in [0, 0.1) is 0 Å². The number of anilines is 1. The number of benzene rings is 2. The molecule has 0 unspecified atom stereocenters. The van der Waals surface area contributed by atoms with E-state index in [2.05, 4.69) is 15.2 Å². The predicted molar refractivity (Wildman–Crippen MR) is 131 cm³/mol. The molecule has 6 nitrogen and oxygen atoms in total. The van der Waals surface area contributed by atoms with Gasteiger partial charge in [0.25, 0.3) is 11.8 Å². The molecule has 3 aromatic rings. The summed E-state index contributed by atoms with van der Waals surface area (Å²) >= 11 is 12.1. The predicted octanol–water partition coefficient (Wildman–Crippen LogP) is 4.32. The van der Waals surface area contributed by atoms with Gasteiger partial charge in [0.1, 0.15) is 5.82 Å². The van der Waals surface area contributed by atoms with E-state index in [0.29, 0.717) is 53.9 Å². The lowest BCUT2D eigenvalue weighted by Crippen LogP contribution is -2.49. The summed E-state index contributed by atoms with van der Waals surface area (Å²) in [5.74, 6) is 0.541. The van der Waals surface area contributed by atoms with Gasteiger partial charge in [-0.15, -0.1) is 0 Å². The second-order valence-corrected chi connectivity index (χ2v) is 8.64. The fraction of sp³-hybridized carbons (Fsp3) is 0.240. The van der Waals surface area contributed by atoms with Crippen LogP contribution in [0.4, 0.5) is 5.82 Å². The van der Waals surface area contributed by atoms with Gasteiger partial charge in [0, 0.05) is 43.9 Å². The number of carbonyl (C=O) groups excluding carboxylic acids is 2. The monoisotopic (exact) mass is 482 g/mol. The molecule has 1 fully saturated rings. The summed E-state index contributed by atoms with van der Waals surface area (Å²) < 4.78 is 0. The fourth-order valence-electron chi connectivity index (χ4n) is 3.75. The molecule has 0 atom stereocenters. The Hall–Kier alpha value is -3.09. The normalized spacial score (nSPS) is 13.6. The minimum absolute atomic E-state index is 0.105. The fourth-order valence-corrected chi connectivity index (χ4v) is 4.24. The average molecular weight is 483 g/mol. The average Bonchev–Trinajstić information content (AvgIpc) is 2.84. The highest BCUT2D eigenvalue weighted by Gasteiger charge is 2.24. The lowest BCUT2D eigenvalue weighted by molar-refractivity contribution is 0.0746. The van der Waals surface area contributed by atoms with Gasteiger partial charge in [-0.3, -0.25) is 9.59 Å². The van der Waals surface area contributed by atoms with E-state index in [1.807, 2.05) is 36.4 Å². The van der Waals surface area contributed by atoms with Crippen molar-refractivity contribution in [1.82, 2.24) is 15.2 Å². The third-order valence-corrected chi connectivity index (χ3v) is 6.15. The smallest absolute Gasteiger partial charge is 0.255 e. The van der Waals surface area contributed by atoms with Crippen molar-refractivity contribution in [3.8, 4) is 0 Å². The molecule has 2 heterocycles.